The number of carbonyl (C=O) groups excluding carboxylic acids is 1. The molecule has 0 saturated heterocycles. The van der Waals surface area contributed by atoms with Crippen molar-refractivity contribution in [3.8, 4) is 0 Å². The van der Waals surface area contributed by atoms with Crippen molar-refractivity contribution >= 4 is 5.97 Å². The minimum absolute atomic E-state index is 0.0170. The lowest BCUT2D eigenvalue weighted by Gasteiger charge is -2.12. The number of aryl methyl sites for hydroxylation is 1. The van der Waals surface area contributed by atoms with Gasteiger partial charge in [0, 0.05) is 11.6 Å². The van der Waals surface area contributed by atoms with Crippen molar-refractivity contribution in [2.45, 2.75) is 19.4 Å². The second kappa shape index (κ2) is 4.89. The van der Waals surface area contributed by atoms with E-state index < -0.39 is 12.0 Å². The van der Waals surface area contributed by atoms with Crippen LogP contribution in [0.5, 0.6) is 0 Å². The van der Waals surface area contributed by atoms with Crippen LogP contribution in [0.25, 0.3) is 0 Å². The maximum Gasteiger partial charge on any atom is 0.307 e. The molecule has 1 aromatic carbocycles. The molecule has 2 N–H and O–H groups in total. The van der Waals surface area contributed by atoms with Crippen molar-refractivity contribution in [3.05, 3.63) is 35.1 Å². The predicted octanol–water partition coefficient (Wildman–Crippen LogP) is 1.70. The Morgan fingerprint density at radius 1 is 1.60 bits per heavy atom. The van der Waals surface area contributed by atoms with Gasteiger partial charge in [0.15, 0.2) is 0 Å². The number of nitrogens with two attached hydrogens (primary N) is 1. The van der Waals surface area contributed by atoms with Crippen LogP contribution >= 0.6 is 0 Å². The fourth-order valence-electron chi connectivity index (χ4n) is 1.33. The number of esters is 1. The Morgan fingerprint density at radius 3 is 2.87 bits per heavy atom. The van der Waals surface area contributed by atoms with E-state index in [-0.39, 0.29) is 12.2 Å². The van der Waals surface area contributed by atoms with Crippen LogP contribution in [-0.4, -0.2) is 13.1 Å². The van der Waals surface area contributed by atoms with Crippen LogP contribution in [0.4, 0.5) is 4.39 Å². The van der Waals surface area contributed by atoms with Crippen LogP contribution in [0.2, 0.25) is 0 Å². The number of ether oxygens (including phenoxy) is 1. The Hall–Kier alpha value is -1.42. The number of hydrogen-bond acceptors (Lipinski definition) is 3. The zero-order valence-electron chi connectivity index (χ0n) is 8.79. The van der Waals surface area contributed by atoms with E-state index in [1.54, 1.807) is 25.1 Å². The molecule has 0 unspecified atom stereocenters. The molecule has 0 spiro atoms. The van der Waals surface area contributed by atoms with E-state index in [1.807, 2.05) is 0 Å². The number of benzene rings is 1. The monoisotopic (exact) mass is 211 g/mol. The minimum atomic E-state index is -0.655. The molecule has 0 aromatic heterocycles. The standard InChI is InChI=1S/C11H14FNO2/c1-7-4-3-5-8(11(7)12)9(13)6-10(14)15-2/h3-5,9H,6,13H2,1-2H3/t9-/m1/s1. The van der Waals surface area contributed by atoms with Gasteiger partial charge in [0.1, 0.15) is 5.82 Å². The Labute approximate surface area is 88.0 Å². The molecule has 0 amide bonds. The zero-order valence-corrected chi connectivity index (χ0v) is 8.79. The highest BCUT2D eigenvalue weighted by atomic mass is 19.1. The van der Waals surface area contributed by atoms with Crippen LogP contribution in [0.3, 0.4) is 0 Å². The van der Waals surface area contributed by atoms with E-state index >= 15 is 0 Å². The third-order valence-electron chi connectivity index (χ3n) is 2.24. The summed E-state index contributed by atoms with van der Waals surface area (Å²) in [6.07, 6.45) is -0.0170. The summed E-state index contributed by atoms with van der Waals surface area (Å²) in [5, 5.41) is 0. The van der Waals surface area contributed by atoms with Gasteiger partial charge in [-0.2, -0.15) is 0 Å². The zero-order chi connectivity index (χ0) is 11.4. The molecule has 0 aliphatic carbocycles. The average Bonchev–Trinajstić information content (AvgIpc) is 2.21. The van der Waals surface area contributed by atoms with Crippen molar-refractivity contribution in [2.24, 2.45) is 5.73 Å². The molecule has 0 saturated carbocycles. The fraction of sp³-hybridized carbons (Fsp3) is 0.364. The molecular formula is C11H14FNO2. The molecule has 0 aliphatic rings. The van der Waals surface area contributed by atoms with E-state index in [9.17, 15) is 9.18 Å². The summed E-state index contributed by atoms with van der Waals surface area (Å²) >= 11 is 0. The summed E-state index contributed by atoms with van der Waals surface area (Å²) in [7, 11) is 1.28. The maximum atomic E-state index is 13.6. The summed E-state index contributed by atoms with van der Waals surface area (Å²) in [5.74, 6) is -0.794. The maximum absolute atomic E-state index is 13.6. The number of halogens is 1. The lowest BCUT2D eigenvalue weighted by atomic mass is 10.0. The quantitative estimate of drug-likeness (QED) is 0.774. The summed E-state index contributed by atoms with van der Waals surface area (Å²) in [4.78, 5) is 11.0. The van der Waals surface area contributed by atoms with Gasteiger partial charge in [-0.1, -0.05) is 18.2 Å². The molecular weight excluding hydrogens is 197 g/mol. The first-order chi connectivity index (χ1) is 7.06. The van der Waals surface area contributed by atoms with Gasteiger partial charge in [-0.25, -0.2) is 4.39 Å². The largest absolute Gasteiger partial charge is 0.469 e. The molecule has 1 rings (SSSR count). The summed E-state index contributed by atoms with van der Waals surface area (Å²) in [6.45, 7) is 1.66. The van der Waals surface area contributed by atoms with Gasteiger partial charge < -0.3 is 10.5 Å². The van der Waals surface area contributed by atoms with E-state index in [0.717, 1.165) is 0 Å². The van der Waals surface area contributed by atoms with Crippen LogP contribution in [0, 0.1) is 12.7 Å². The second-order valence-corrected chi connectivity index (χ2v) is 3.36. The van der Waals surface area contributed by atoms with E-state index in [2.05, 4.69) is 4.74 Å². The number of rotatable bonds is 3. The molecule has 1 aromatic rings. The smallest absolute Gasteiger partial charge is 0.307 e. The summed E-state index contributed by atoms with van der Waals surface area (Å²) in [5.41, 5.74) is 6.57. The fourth-order valence-corrected chi connectivity index (χ4v) is 1.33. The van der Waals surface area contributed by atoms with E-state index in [1.165, 1.54) is 7.11 Å². The summed E-state index contributed by atoms with van der Waals surface area (Å²) in [6, 6.07) is 4.29. The van der Waals surface area contributed by atoms with Gasteiger partial charge in [0.2, 0.25) is 0 Å². The topological polar surface area (TPSA) is 52.3 Å². The number of methoxy groups -OCH3 is 1. The molecule has 82 valence electrons. The third-order valence-corrected chi connectivity index (χ3v) is 2.24. The Bertz CT molecular complexity index is 366. The van der Waals surface area contributed by atoms with Crippen molar-refractivity contribution in [3.63, 3.8) is 0 Å². The van der Waals surface area contributed by atoms with Crippen molar-refractivity contribution in [2.75, 3.05) is 7.11 Å². The molecule has 0 radical (unpaired) electrons. The normalized spacial score (nSPS) is 12.3. The average molecular weight is 211 g/mol. The highest BCUT2D eigenvalue weighted by molar-refractivity contribution is 5.70. The molecule has 4 heteroatoms. The van der Waals surface area contributed by atoms with Gasteiger partial charge >= 0.3 is 5.97 Å². The molecule has 1 atom stereocenters. The highest BCUT2D eigenvalue weighted by Gasteiger charge is 2.16. The first-order valence-corrected chi connectivity index (χ1v) is 4.63. The SMILES string of the molecule is COC(=O)C[C@@H](N)c1cccc(C)c1F. The van der Waals surface area contributed by atoms with Crippen LogP contribution in [0.15, 0.2) is 18.2 Å². The minimum Gasteiger partial charge on any atom is -0.469 e. The molecule has 15 heavy (non-hydrogen) atoms. The van der Waals surface area contributed by atoms with E-state index in [4.69, 9.17) is 5.73 Å². The molecule has 0 aliphatic heterocycles. The number of carbonyl (C=O) groups is 1. The predicted molar refractivity (Wildman–Crippen MR) is 54.7 cm³/mol. The highest BCUT2D eigenvalue weighted by Crippen LogP contribution is 2.20. The van der Waals surface area contributed by atoms with Crippen LogP contribution in [0.1, 0.15) is 23.6 Å². The first kappa shape index (κ1) is 11.7. The molecule has 3 nitrogen and oxygen atoms in total. The second-order valence-electron chi connectivity index (χ2n) is 3.36. The summed E-state index contributed by atoms with van der Waals surface area (Å²) < 4.78 is 18.0. The van der Waals surface area contributed by atoms with Crippen molar-refractivity contribution < 1.29 is 13.9 Å². The van der Waals surface area contributed by atoms with Gasteiger partial charge in [-0.05, 0) is 12.5 Å². The molecule has 0 fully saturated rings. The Balaban J connectivity index is 2.86. The molecule has 0 heterocycles. The van der Waals surface area contributed by atoms with Crippen molar-refractivity contribution in [1.82, 2.24) is 0 Å². The Morgan fingerprint density at radius 2 is 2.27 bits per heavy atom. The Kier molecular flexibility index (Phi) is 3.80. The van der Waals surface area contributed by atoms with Crippen LogP contribution in [-0.2, 0) is 9.53 Å². The lowest BCUT2D eigenvalue weighted by Crippen LogP contribution is -2.17. The van der Waals surface area contributed by atoms with Gasteiger partial charge in [-0.15, -0.1) is 0 Å². The van der Waals surface area contributed by atoms with Crippen LogP contribution < -0.4 is 5.73 Å². The first-order valence-electron chi connectivity index (χ1n) is 4.63. The lowest BCUT2D eigenvalue weighted by molar-refractivity contribution is -0.141. The van der Waals surface area contributed by atoms with Gasteiger partial charge in [0.25, 0.3) is 0 Å². The third kappa shape index (κ3) is 2.76. The number of hydrogen-bond donors (Lipinski definition) is 1. The van der Waals surface area contributed by atoms with Crippen molar-refractivity contribution in [1.29, 1.82) is 0 Å². The molecule has 0 bridgehead atoms. The van der Waals surface area contributed by atoms with Gasteiger partial charge in [0.05, 0.1) is 13.5 Å². The van der Waals surface area contributed by atoms with Gasteiger partial charge in [-0.3, -0.25) is 4.79 Å². The van der Waals surface area contributed by atoms with E-state index in [0.29, 0.717) is 11.1 Å².